The summed E-state index contributed by atoms with van der Waals surface area (Å²) in [7, 11) is 0. The number of carbonyl (C=O) groups excluding carboxylic acids is 1. The Morgan fingerprint density at radius 2 is 1.78 bits per heavy atom. The van der Waals surface area contributed by atoms with Gasteiger partial charge in [0.1, 0.15) is 5.76 Å². The zero-order valence-electron chi connectivity index (χ0n) is 22.3. The lowest BCUT2D eigenvalue weighted by molar-refractivity contribution is -0.126. The number of hydrogen-bond acceptors (Lipinski definition) is 4. The fourth-order valence-electron chi connectivity index (χ4n) is 8.70. The second-order valence-corrected chi connectivity index (χ2v) is 12.3. The van der Waals surface area contributed by atoms with Gasteiger partial charge in [-0.1, -0.05) is 29.4 Å². The first kappa shape index (κ1) is 23.5. The molecular weight excluding hydrogens is 448 g/mol. The average Bonchev–Trinajstić information content (AvgIpc) is 3.27. The summed E-state index contributed by atoms with van der Waals surface area (Å²) in [6, 6.07) is 8.40. The van der Waals surface area contributed by atoms with Crippen LogP contribution in [0.4, 0.5) is 5.69 Å². The van der Waals surface area contributed by atoms with Crippen molar-refractivity contribution in [1.82, 2.24) is 14.9 Å². The Balaban J connectivity index is 1.22. The minimum Gasteiger partial charge on any atom is -0.361 e. The zero-order chi connectivity index (χ0) is 25.2. The summed E-state index contributed by atoms with van der Waals surface area (Å²) in [4.78, 5) is 13.6. The number of hydrogen-bond donors (Lipinski definition) is 1. The van der Waals surface area contributed by atoms with Crippen LogP contribution in [0.15, 0.2) is 28.8 Å². The Morgan fingerprint density at radius 1 is 1.06 bits per heavy atom. The third kappa shape index (κ3) is 3.80. The molecule has 4 aliphatic carbocycles. The molecule has 6 nitrogen and oxygen atoms in total. The maximum absolute atomic E-state index is 13.6. The fourth-order valence-corrected chi connectivity index (χ4v) is 8.70. The summed E-state index contributed by atoms with van der Waals surface area (Å²) in [5.41, 5.74) is 7.86. The first-order valence-corrected chi connectivity index (χ1v) is 13.5. The second kappa shape index (κ2) is 8.32. The van der Waals surface area contributed by atoms with Crippen molar-refractivity contribution in [2.24, 2.45) is 17.3 Å². The van der Waals surface area contributed by atoms with Crippen molar-refractivity contribution in [3.8, 4) is 0 Å². The van der Waals surface area contributed by atoms with Gasteiger partial charge in [0, 0.05) is 17.4 Å². The van der Waals surface area contributed by atoms with Gasteiger partial charge >= 0.3 is 0 Å². The average molecular weight is 487 g/mol. The zero-order valence-corrected chi connectivity index (χ0v) is 22.3. The Morgan fingerprint density at radius 3 is 2.44 bits per heavy atom. The molecule has 2 aromatic heterocycles. The van der Waals surface area contributed by atoms with Crippen LogP contribution in [-0.2, 0) is 16.8 Å². The van der Waals surface area contributed by atoms with Crippen LogP contribution < -0.4 is 5.32 Å². The molecule has 36 heavy (non-hydrogen) atoms. The van der Waals surface area contributed by atoms with Crippen molar-refractivity contribution >= 4 is 11.6 Å². The number of anilines is 1. The van der Waals surface area contributed by atoms with Gasteiger partial charge in [0.25, 0.3) is 0 Å². The molecule has 0 radical (unpaired) electrons. The molecule has 4 saturated carbocycles. The molecule has 0 aliphatic heterocycles. The van der Waals surface area contributed by atoms with E-state index >= 15 is 0 Å². The van der Waals surface area contributed by atoms with Crippen LogP contribution in [0.5, 0.6) is 0 Å². The van der Waals surface area contributed by atoms with E-state index in [4.69, 9.17) is 9.62 Å². The summed E-state index contributed by atoms with van der Waals surface area (Å²) in [6.45, 7) is 11.0. The lowest BCUT2D eigenvalue weighted by atomic mass is 9.42. The normalized spacial score (nSPS) is 28.6. The standard InChI is InChI=1S/C30H38N4O2/c1-18-8-6-7-9-25(18)16-34-21(4)28(20(3)32-34)31-26(35)15-29-11-23-10-24(12-29)14-30(13-23,17-29)27-19(2)33-36-22(27)5/h6-9,23-24H,10-17H2,1-5H3,(H,31,35)/t23-,24-,29?,30?/m0/s1. The fraction of sp³-hybridized carbons (Fsp3) is 0.567. The van der Waals surface area contributed by atoms with Crippen LogP contribution in [0.2, 0.25) is 0 Å². The molecule has 2 atom stereocenters. The van der Waals surface area contributed by atoms with Gasteiger partial charge in [0.05, 0.1) is 29.3 Å². The first-order valence-electron chi connectivity index (χ1n) is 13.5. The van der Waals surface area contributed by atoms with Crippen LogP contribution in [0.1, 0.15) is 84.5 Å². The highest BCUT2D eigenvalue weighted by Crippen LogP contribution is 2.67. The predicted octanol–water partition coefficient (Wildman–Crippen LogP) is 6.33. The van der Waals surface area contributed by atoms with E-state index < -0.39 is 0 Å². The summed E-state index contributed by atoms with van der Waals surface area (Å²) >= 11 is 0. The molecule has 7 rings (SSSR count). The van der Waals surface area contributed by atoms with Gasteiger partial charge in [-0.25, -0.2) is 0 Å². The Labute approximate surface area is 213 Å². The third-order valence-electron chi connectivity index (χ3n) is 9.51. The number of amides is 1. The minimum absolute atomic E-state index is 0.0727. The molecule has 0 unspecified atom stereocenters. The monoisotopic (exact) mass is 486 g/mol. The van der Waals surface area contributed by atoms with Gasteiger partial charge in [0.15, 0.2) is 0 Å². The van der Waals surface area contributed by atoms with Crippen molar-refractivity contribution < 1.29 is 9.32 Å². The molecule has 0 saturated heterocycles. The van der Waals surface area contributed by atoms with Crippen molar-refractivity contribution in [2.45, 2.75) is 91.5 Å². The number of aryl methyl sites for hydroxylation is 4. The molecule has 4 fully saturated rings. The molecule has 3 aromatic rings. The van der Waals surface area contributed by atoms with Crippen LogP contribution in [0, 0.1) is 51.9 Å². The highest BCUT2D eigenvalue weighted by atomic mass is 16.5. The van der Waals surface area contributed by atoms with Crippen molar-refractivity contribution in [3.63, 3.8) is 0 Å². The first-order chi connectivity index (χ1) is 17.2. The van der Waals surface area contributed by atoms with Crippen LogP contribution in [0.25, 0.3) is 0 Å². The van der Waals surface area contributed by atoms with E-state index in [0.717, 1.165) is 35.0 Å². The van der Waals surface area contributed by atoms with Gasteiger partial charge in [-0.2, -0.15) is 5.10 Å². The van der Waals surface area contributed by atoms with Gasteiger partial charge in [-0.05, 0) is 102 Å². The SMILES string of the molecule is Cc1ccccc1Cn1nc(C)c(NC(=O)CC23C[C@@H]4C[C@@H](C2)CC(c2c(C)noc2C)(C4)C3)c1C. The topological polar surface area (TPSA) is 73.0 Å². The molecule has 1 N–H and O–H groups in total. The number of nitrogens with one attached hydrogen (secondary N) is 1. The van der Waals surface area contributed by atoms with E-state index in [-0.39, 0.29) is 16.7 Å². The molecule has 1 aromatic carbocycles. The van der Waals surface area contributed by atoms with Crippen LogP contribution in [0.3, 0.4) is 0 Å². The largest absolute Gasteiger partial charge is 0.361 e. The van der Waals surface area contributed by atoms with Crippen molar-refractivity contribution in [2.75, 3.05) is 5.32 Å². The summed E-state index contributed by atoms with van der Waals surface area (Å²) in [5, 5.41) is 12.4. The van der Waals surface area contributed by atoms with Gasteiger partial charge < -0.3 is 9.84 Å². The molecule has 1 amide bonds. The maximum atomic E-state index is 13.6. The predicted molar refractivity (Wildman–Crippen MR) is 140 cm³/mol. The Bertz CT molecular complexity index is 1300. The summed E-state index contributed by atoms with van der Waals surface area (Å²) in [6.07, 6.45) is 7.78. The van der Waals surface area contributed by atoms with Crippen molar-refractivity contribution in [3.05, 3.63) is 63.8 Å². The van der Waals surface area contributed by atoms with E-state index in [1.54, 1.807) is 0 Å². The van der Waals surface area contributed by atoms with E-state index in [1.165, 1.54) is 48.8 Å². The number of carbonyl (C=O) groups is 1. The molecule has 190 valence electrons. The van der Waals surface area contributed by atoms with Crippen LogP contribution >= 0.6 is 0 Å². The molecule has 4 bridgehead atoms. The lowest BCUT2D eigenvalue weighted by Gasteiger charge is -2.62. The van der Waals surface area contributed by atoms with Gasteiger partial charge in [0.2, 0.25) is 5.91 Å². The third-order valence-corrected chi connectivity index (χ3v) is 9.51. The van der Waals surface area contributed by atoms with E-state index in [2.05, 4.69) is 62.4 Å². The van der Waals surface area contributed by atoms with Crippen molar-refractivity contribution in [1.29, 1.82) is 0 Å². The number of benzene rings is 1. The smallest absolute Gasteiger partial charge is 0.225 e. The van der Waals surface area contributed by atoms with Gasteiger partial charge in [-0.3, -0.25) is 9.48 Å². The number of aromatic nitrogens is 3. The highest BCUT2D eigenvalue weighted by Gasteiger charge is 2.59. The van der Waals surface area contributed by atoms with E-state index in [1.807, 2.05) is 11.6 Å². The Kier molecular flexibility index (Phi) is 5.43. The second-order valence-electron chi connectivity index (χ2n) is 12.3. The number of rotatable bonds is 6. The lowest BCUT2D eigenvalue weighted by Crippen LogP contribution is -2.55. The Hall–Kier alpha value is -2.89. The van der Waals surface area contributed by atoms with E-state index in [9.17, 15) is 4.79 Å². The molecule has 6 heteroatoms. The minimum atomic E-state index is 0.0727. The number of nitrogens with zero attached hydrogens (tertiary/aromatic N) is 3. The molecular formula is C30H38N4O2. The molecule has 0 spiro atoms. The van der Waals surface area contributed by atoms with Crippen LogP contribution in [-0.4, -0.2) is 20.8 Å². The van der Waals surface area contributed by atoms with E-state index in [0.29, 0.717) is 24.8 Å². The highest BCUT2D eigenvalue weighted by molar-refractivity contribution is 5.92. The molecule has 4 aliphatic rings. The summed E-state index contributed by atoms with van der Waals surface area (Å²) in [5.74, 6) is 2.51. The maximum Gasteiger partial charge on any atom is 0.225 e. The molecule has 2 heterocycles. The quantitative estimate of drug-likeness (QED) is 0.442. The van der Waals surface area contributed by atoms with Gasteiger partial charge in [-0.15, -0.1) is 0 Å². The summed E-state index contributed by atoms with van der Waals surface area (Å²) < 4.78 is 7.64.